The number of phenolic OH excluding ortho intramolecular Hbond substituents is 1. The van der Waals surface area contributed by atoms with Gasteiger partial charge >= 0.3 is 0 Å². The molecule has 2 rings (SSSR count). The maximum absolute atomic E-state index is 9.92. The van der Waals surface area contributed by atoms with Crippen LogP contribution < -0.4 is 14.2 Å². The van der Waals surface area contributed by atoms with E-state index in [0.717, 1.165) is 12.0 Å². The zero-order valence-electron chi connectivity index (χ0n) is 8.87. The molecule has 1 N–H and O–H groups in total. The van der Waals surface area contributed by atoms with Crippen LogP contribution in [0.5, 0.6) is 23.0 Å². The molecule has 1 aromatic carbocycles. The molecule has 82 valence electrons. The number of aryl methyl sites for hydroxylation is 1. The van der Waals surface area contributed by atoms with Gasteiger partial charge in [0.2, 0.25) is 11.5 Å². The van der Waals surface area contributed by atoms with E-state index in [1.165, 1.54) is 7.11 Å². The average Bonchev–Trinajstić information content (AvgIpc) is 2.29. The summed E-state index contributed by atoms with van der Waals surface area (Å²) in [5, 5.41) is 9.92. The summed E-state index contributed by atoms with van der Waals surface area (Å²) in [6, 6.07) is 1.85. The molecule has 0 bridgehead atoms. The van der Waals surface area contributed by atoms with Crippen LogP contribution in [0.25, 0.3) is 0 Å². The molecule has 15 heavy (non-hydrogen) atoms. The Morgan fingerprint density at radius 3 is 2.80 bits per heavy atom. The molecule has 4 heteroatoms. The molecule has 0 saturated heterocycles. The van der Waals surface area contributed by atoms with Crippen molar-refractivity contribution in [3.8, 4) is 23.0 Å². The van der Waals surface area contributed by atoms with E-state index in [9.17, 15) is 5.11 Å². The van der Waals surface area contributed by atoms with Gasteiger partial charge in [0.15, 0.2) is 11.5 Å². The van der Waals surface area contributed by atoms with Gasteiger partial charge in [-0.3, -0.25) is 0 Å². The van der Waals surface area contributed by atoms with E-state index in [1.54, 1.807) is 0 Å². The van der Waals surface area contributed by atoms with Gasteiger partial charge in [0.25, 0.3) is 0 Å². The zero-order valence-corrected chi connectivity index (χ0v) is 8.87. The SMILES string of the molecule is CCc1cc2c(c(O)c1OC)OCCO2. The minimum absolute atomic E-state index is 0.0338. The Morgan fingerprint density at radius 2 is 2.13 bits per heavy atom. The van der Waals surface area contributed by atoms with E-state index in [0.29, 0.717) is 30.5 Å². The molecular weight excluding hydrogens is 196 g/mol. The van der Waals surface area contributed by atoms with Crippen LogP contribution in [0.2, 0.25) is 0 Å². The van der Waals surface area contributed by atoms with Crippen molar-refractivity contribution in [2.45, 2.75) is 13.3 Å². The van der Waals surface area contributed by atoms with Crippen LogP contribution in [0.4, 0.5) is 0 Å². The Balaban J connectivity index is 2.57. The van der Waals surface area contributed by atoms with Gasteiger partial charge in [0.1, 0.15) is 13.2 Å². The summed E-state index contributed by atoms with van der Waals surface area (Å²) in [5.41, 5.74) is 0.916. The number of fused-ring (bicyclic) bond motifs is 1. The lowest BCUT2D eigenvalue weighted by Gasteiger charge is -2.21. The van der Waals surface area contributed by atoms with Crippen LogP contribution in [-0.4, -0.2) is 25.4 Å². The fourth-order valence-electron chi connectivity index (χ4n) is 1.69. The lowest BCUT2D eigenvalue weighted by atomic mass is 10.1. The molecule has 0 fully saturated rings. The first-order valence-corrected chi connectivity index (χ1v) is 4.96. The van der Waals surface area contributed by atoms with E-state index < -0.39 is 0 Å². The third-order valence-electron chi connectivity index (χ3n) is 2.42. The summed E-state index contributed by atoms with van der Waals surface area (Å²) >= 11 is 0. The van der Waals surface area contributed by atoms with Crippen molar-refractivity contribution in [2.75, 3.05) is 20.3 Å². The highest BCUT2D eigenvalue weighted by molar-refractivity contribution is 5.62. The van der Waals surface area contributed by atoms with Crippen molar-refractivity contribution in [3.05, 3.63) is 11.6 Å². The predicted molar refractivity (Wildman–Crippen MR) is 55.0 cm³/mol. The summed E-state index contributed by atoms with van der Waals surface area (Å²) in [7, 11) is 1.53. The maximum Gasteiger partial charge on any atom is 0.207 e. The van der Waals surface area contributed by atoms with Gasteiger partial charge in [-0.05, 0) is 12.5 Å². The molecule has 1 aromatic rings. The number of hydrogen-bond acceptors (Lipinski definition) is 4. The topological polar surface area (TPSA) is 47.9 Å². The smallest absolute Gasteiger partial charge is 0.207 e. The van der Waals surface area contributed by atoms with Crippen molar-refractivity contribution in [2.24, 2.45) is 0 Å². The number of hydrogen-bond donors (Lipinski definition) is 1. The summed E-state index contributed by atoms with van der Waals surface area (Å²) < 4.78 is 15.9. The highest BCUT2D eigenvalue weighted by atomic mass is 16.6. The number of aromatic hydroxyl groups is 1. The van der Waals surface area contributed by atoms with Gasteiger partial charge < -0.3 is 19.3 Å². The van der Waals surface area contributed by atoms with Crippen molar-refractivity contribution in [3.63, 3.8) is 0 Å². The van der Waals surface area contributed by atoms with Crippen molar-refractivity contribution in [1.82, 2.24) is 0 Å². The van der Waals surface area contributed by atoms with Gasteiger partial charge in [-0.2, -0.15) is 0 Å². The molecule has 1 aliphatic heterocycles. The molecule has 0 amide bonds. The number of ether oxygens (including phenoxy) is 3. The number of rotatable bonds is 2. The normalized spacial score (nSPS) is 13.7. The summed E-state index contributed by atoms with van der Waals surface area (Å²) in [6.45, 7) is 2.96. The van der Waals surface area contributed by atoms with Crippen LogP contribution in [-0.2, 0) is 6.42 Å². The van der Waals surface area contributed by atoms with E-state index >= 15 is 0 Å². The van der Waals surface area contributed by atoms with Crippen LogP contribution >= 0.6 is 0 Å². The van der Waals surface area contributed by atoms with E-state index in [2.05, 4.69) is 0 Å². The molecule has 0 unspecified atom stereocenters. The monoisotopic (exact) mass is 210 g/mol. The summed E-state index contributed by atoms with van der Waals surface area (Å²) in [6.07, 6.45) is 0.771. The van der Waals surface area contributed by atoms with Gasteiger partial charge in [0, 0.05) is 5.56 Å². The molecule has 0 atom stereocenters. The van der Waals surface area contributed by atoms with Gasteiger partial charge in [-0.25, -0.2) is 0 Å². The largest absolute Gasteiger partial charge is 0.502 e. The fourth-order valence-corrected chi connectivity index (χ4v) is 1.69. The molecule has 0 spiro atoms. The number of methoxy groups -OCH3 is 1. The van der Waals surface area contributed by atoms with Crippen molar-refractivity contribution >= 4 is 0 Å². The Kier molecular flexibility index (Phi) is 2.58. The Bertz CT molecular complexity index is 359. The minimum Gasteiger partial charge on any atom is -0.502 e. The third-order valence-corrected chi connectivity index (χ3v) is 2.42. The molecule has 1 heterocycles. The first kappa shape index (κ1) is 9.96. The molecule has 0 saturated carbocycles. The fraction of sp³-hybridized carbons (Fsp3) is 0.455. The third kappa shape index (κ3) is 1.56. The Hall–Kier alpha value is -1.58. The van der Waals surface area contributed by atoms with Crippen LogP contribution in [0.15, 0.2) is 6.07 Å². The first-order chi connectivity index (χ1) is 7.27. The van der Waals surface area contributed by atoms with Gasteiger partial charge in [-0.15, -0.1) is 0 Å². The molecule has 1 aliphatic rings. The maximum atomic E-state index is 9.92. The second-order valence-corrected chi connectivity index (χ2v) is 3.30. The van der Waals surface area contributed by atoms with Crippen LogP contribution in [0.1, 0.15) is 12.5 Å². The first-order valence-electron chi connectivity index (χ1n) is 4.96. The zero-order chi connectivity index (χ0) is 10.8. The van der Waals surface area contributed by atoms with Crippen molar-refractivity contribution in [1.29, 1.82) is 0 Å². The van der Waals surface area contributed by atoms with Crippen LogP contribution in [0, 0.1) is 0 Å². The molecule has 0 aromatic heterocycles. The van der Waals surface area contributed by atoms with Gasteiger partial charge in [-0.1, -0.05) is 6.92 Å². The highest BCUT2D eigenvalue weighted by Gasteiger charge is 2.22. The average molecular weight is 210 g/mol. The lowest BCUT2D eigenvalue weighted by molar-refractivity contribution is 0.163. The van der Waals surface area contributed by atoms with E-state index in [-0.39, 0.29) is 5.75 Å². The highest BCUT2D eigenvalue weighted by Crippen LogP contribution is 2.47. The number of benzene rings is 1. The summed E-state index contributed by atoms with van der Waals surface area (Å²) in [4.78, 5) is 0. The summed E-state index contributed by atoms with van der Waals surface area (Å²) in [5.74, 6) is 1.49. The van der Waals surface area contributed by atoms with Gasteiger partial charge in [0.05, 0.1) is 7.11 Å². The molecule has 0 radical (unpaired) electrons. The molecule has 4 nitrogen and oxygen atoms in total. The van der Waals surface area contributed by atoms with Crippen molar-refractivity contribution < 1.29 is 19.3 Å². The quantitative estimate of drug-likeness (QED) is 0.807. The second-order valence-electron chi connectivity index (χ2n) is 3.30. The molecule has 0 aliphatic carbocycles. The van der Waals surface area contributed by atoms with E-state index in [4.69, 9.17) is 14.2 Å². The Labute approximate surface area is 88.4 Å². The van der Waals surface area contributed by atoms with Crippen LogP contribution in [0.3, 0.4) is 0 Å². The predicted octanol–water partition coefficient (Wildman–Crippen LogP) is 1.73. The lowest BCUT2D eigenvalue weighted by Crippen LogP contribution is -2.16. The van der Waals surface area contributed by atoms with E-state index in [1.807, 2.05) is 13.0 Å². The second kappa shape index (κ2) is 3.88. The number of phenols is 1. The Morgan fingerprint density at radius 1 is 1.40 bits per heavy atom. The standard InChI is InChI=1S/C11H14O4/c1-3-7-6-8-11(15-5-4-14-8)9(12)10(7)13-2/h6,12H,3-5H2,1-2H3. The molecular formula is C11H14O4. The minimum atomic E-state index is 0.0338.